The summed E-state index contributed by atoms with van der Waals surface area (Å²) in [4.78, 5) is 35.9. The highest BCUT2D eigenvalue weighted by atomic mass is 32.1. The van der Waals surface area contributed by atoms with Crippen molar-refractivity contribution >= 4 is 33.3 Å². The molecule has 1 amide bonds. The molecule has 0 radical (unpaired) electrons. The van der Waals surface area contributed by atoms with Crippen LogP contribution in [-0.2, 0) is 11.3 Å². The van der Waals surface area contributed by atoms with Crippen LogP contribution in [0.2, 0.25) is 0 Å². The van der Waals surface area contributed by atoms with Gasteiger partial charge in [0.25, 0.3) is 0 Å². The van der Waals surface area contributed by atoms with Crippen LogP contribution in [-0.4, -0.2) is 69.9 Å². The van der Waals surface area contributed by atoms with Crippen LogP contribution in [0.3, 0.4) is 0 Å². The van der Waals surface area contributed by atoms with E-state index in [0.29, 0.717) is 5.91 Å². The van der Waals surface area contributed by atoms with Gasteiger partial charge >= 0.3 is 0 Å². The van der Waals surface area contributed by atoms with E-state index in [0.717, 1.165) is 75.0 Å². The van der Waals surface area contributed by atoms with E-state index in [-0.39, 0.29) is 5.92 Å². The molecule has 7 nitrogen and oxygen atoms in total. The van der Waals surface area contributed by atoms with Crippen LogP contribution < -0.4 is 4.90 Å². The van der Waals surface area contributed by atoms with Gasteiger partial charge in [0.05, 0.1) is 11.1 Å². The zero-order valence-electron chi connectivity index (χ0n) is 18.8. The fourth-order valence-corrected chi connectivity index (χ4v) is 5.84. The summed E-state index contributed by atoms with van der Waals surface area (Å²) in [7, 11) is 0. The maximum absolute atomic E-state index is 13.2. The Balaban J connectivity index is 1.16. The molecule has 3 aromatic heterocycles. The molecule has 168 valence electrons. The molecule has 5 heterocycles. The number of fused-ring (bicyclic) bond motifs is 1. The Morgan fingerprint density at radius 1 is 1.03 bits per heavy atom. The third-order valence-corrected chi connectivity index (χ3v) is 8.00. The van der Waals surface area contributed by atoms with Crippen molar-refractivity contribution in [3.05, 3.63) is 46.9 Å². The lowest BCUT2D eigenvalue weighted by molar-refractivity contribution is -0.138. The lowest BCUT2D eigenvalue weighted by atomic mass is 9.94. The minimum atomic E-state index is 0.122. The molecule has 2 aliphatic rings. The third-order valence-electron chi connectivity index (χ3n) is 6.88. The number of nitrogens with zero attached hydrogens (tertiary/aromatic N) is 6. The lowest BCUT2D eigenvalue weighted by Crippen LogP contribution is -2.51. The SMILES string of the molecule is Cc1sc2ncnc(N3CCC(C(=O)N4CCN(Cc5ccccn5)CC4)CC3)c2c1C. The summed E-state index contributed by atoms with van der Waals surface area (Å²) in [6.45, 7) is 10.4. The van der Waals surface area contributed by atoms with Gasteiger partial charge in [-0.2, -0.15) is 0 Å². The second kappa shape index (κ2) is 9.11. The number of aromatic nitrogens is 3. The van der Waals surface area contributed by atoms with E-state index in [1.165, 1.54) is 15.8 Å². The summed E-state index contributed by atoms with van der Waals surface area (Å²) in [5, 5.41) is 1.18. The van der Waals surface area contributed by atoms with E-state index >= 15 is 0 Å². The fraction of sp³-hybridized carbons (Fsp3) is 0.500. The predicted molar refractivity (Wildman–Crippen MR) is 128 cm³/mol. The minimum Gasteiger partial charge on any atom is -0.356 e. The van der Waals surface area contributed by atoms with Gasteiger partial charge in [-0.25, -0.2) is 9.97 Å². The van der Waals surface area contributed by atoms with E-state index in [4.69, 9.17) is 0 Å². The van der Waals surface area contributed by atoms with Gasteiger partial charge in [-0.05, 0) is 44.4 Å². The van der Waals surface area contributed by atoms with Gasteiger partial charge in [0.15, 0.2) is 0 Å². The first-order valence-corrected chi connectivity index (χ1v) is 12.3. The first-order valence-electron chi connectivity index (χ1n) is 11.5. The molecule has 0 unspecified atom stereocenters. The smallest absolute Gasteiger partial charge is 0.225 e. The van der Waals surface area contributed by atoms with E-state index in [2.05, 4.69) is 49.6 Å². The largest absolute Gasteiger partial charge is 0.356 e. The van der Waals surface area contributed by atoms with Gasteiger partial charge < -0.3 is 9.80 Å². The number of rotatable bonds is 4. The predicted octanol–water partition coefficient (Wildman–Crippen LogP) is 3.26. The minimum absolute atomic E-state index is 0.122. The highest BCUT2D eigenvalue weighted by Gasteiger charge is 2.31. The fourth-order valence-electron chi connectivity index (χ4n) is 4.85. The molecule has 32 heavy (non-hydrogen) atoms. The molecule has 0 saturated carbocycles. The molecule has 0 aromatic carbocycles. The van der Waals surface area contributed by atoms with Crippen molar-refractivity contribution in [1.82, 2.24) is 24.8 Å². The molecule has 2 saturated heterocycles. The number of aryl methyl sites for hydroxylation is 2. The zero-order valence-corrected chi connectivity index (χ0v) is 19.6. The number of pyridine rings is 1. The summed E-state index contributed by atoms with van der Waals surface area (Å²) in [5.41, 5.74) is 2.37. The van der Waals surface area contributed by atoms with Gasteiger partial charge in [0, 0.05) is 62.8 Å². The number of hydrogen-bond donors (Lipinski definition) is 0. The molecule has 8 heteroatoms. The van der Waals surface area contributed by atoms with Crippen LogP contribution in [0.5, 0.6) is 0 Å². The Morgan fingerprint density at radius 2 is 1.81 bits per heavy atom. The van der Waals surface area contributed by atoms with Crippen molar-refractivity contribution in [2.75, 3.05) is 44.2 Å². The number of piperazine rings is 1. The number of thiophene rings is 1. The maximum Gasteiger partial charge on any atom is 0.225 e. The number of amides is 1. The Labute approximate surface area is 193 Å². The Hall–Kier alpha value is -2.58. The maximum atomic E-state index is 13.2. The number of carbonyl (C=O) groups excluding carboxylic acids is 1. The highest BCUT2D eigenvalue weighted by molar-refractivity contribution is 7.18. The molecule has 0 aliphatic carbocycles. The third kappa shape index (κ3) is 4.21. The van der Waals surface area contributed by atoms with Crippen molar-refractivity contribution in [1.29, 1.82) is 0 Å². The normalized spacial score (nSPS) is 18.4. The second-order valence-electron chi connectivity index (χ2n) is 8.84. The molecule has 0 bridgehead atoms. The summed E-state index contributed by atoms with van der Waals surface area (Å²) in [6, 6.07) is 6.04. The zero-order chi connectivity index (χ0) is 22.1. The molecule has 5 rings (SSSR count). The van der Waals surface area contributed by atoms with Crippen molar-refractivity contribution in [2.24, 2.45) is 5.92 Å². The van der Waals surface area contributed by atoms with Crippen LogP contribution in [0, 0.1) is 19.8 Å². The molecule has 3 aromatic rings. The Morgan fingerprint density at radius 3 is 2.53 bits per heavy atom. The average Bonchev–Trinajstić information content (AvgIpc) is 3.13. The van der Waals surface area contributed by atoms with Gasteiger partial charge in [0.2, 0.25) is 5.91 Å². The topological polar surface area (TPSA) is 65.5 Å². The quantitative estimate of drug-likeness (QED) is 0.608. The molecular weight excluding hydrogens is 420 g/mol. The summed E-state index contributed by atoms with van der Waals surface area (Å²) in [6.07, 6.45) is 5.30. The standard InChI is InChI=1S/C24H30N6OS/c1-17-18(2)32-23-21(17)22(26-16-27-23)29-9-6-19(7-10-29)24(31)30-13-11-28(12-14-30)15-20-5-3-4-8-25-20/h3-5,8,16,19H,6-7,9-15H2,1-2H3. The van der Waals surface area contributed by atoms with Gasteiger partial charge in [-0.1, -0.05) is 6.07 Å². The highest BCUT2D eigenvalue weighted by Crippen LogP contribution is 2.35. The van der Waals surface area contributed by atoms with E-state index in [9.17, 15) is 4.79 Å². The summed E-state index contributed by atoms with van der Waals surface area (Å²) in [5.74, 6) is 1.49. The van der Waals surface area contributed by atoms with Crippen LogP contribution in [0.25, 0.3) is 10.2 Å². The van der Waals surface area contributed by atoms with E-state index in [1.807, 2.05) is 18.3 Å². The molecule has 0 atom stereocenters. The lowest BCUT2D eigenvalue weighted by Gasteiger charge is -2.38. The van der Waals surface area contributed by atoms with Gasteiger partial charge in [0.1, 0.15) is 17.0 Å². The van der Waals surface area contributed by atoms with Gasteiger partial charge in [-0.15, -0.1) is 11.3 Å². The first-order chi connectivity index (χ1) is 15.6. The Kier molecular flexibility index (Phi) is 6.06. The monoisotopic (exact) mass is 450 g/mol. The number of carbonyl (C=O) groups is 1. The van der Waals surface area contributed by atoms with Crippen LogP contribution >= 0.6 is 11.3 Å². The van der Waals surface area contributed by atoms with Gasteiger partial charge in [-0.3, -0.25) is 14.7 Å². The molecular formula is C24H30N6OS. The van der Waals surface area contributed by atoms with E-state index in [1.54, 1.807) is 17.7 Å². The average molecular weight is 451 g/mol. The number of hydrogen-bond acceptors (Lipinski definition) is 7. The van der Waals surface area contributed by atoms with Crippen molar-refractivity contribution in [3.63, 3.8) is 0 Å². The second-order valence-corrected chi connectivity index (χ2v) is 10.0. The van der Waals surface area contributed by atoms with Crippen LogP contribution in [0.1, 0.15) is 29.0 Å². The van der Waals surface area contributed by atoms with Crippen molar-refractivity contribution < 1.29 is 4.79 Å². The van der Waals surface area contributed by atoms with Crippen LogP contribution in [0.15, 0.2) is 30.7 Å². The molecule has 2 aliphatic heterocycles. The first kappa shape index (κ1) is 21.3. The van der Waals surface area contributed by atoms with Crippen molar-refractivity contribution in [2.45, 2.75) is 33.2 Å². The molecule has 0 spiro atoms. The number of piperidine rings is 1. The number of anilines is 1. The van der Waals surface area contributed by atoms with Crippen LogP contribution in [0.4, 0.5) is 5.82 Å². The molecule has 0 N–H and O–H groups in total. The summed E-state index contributed by atoms with van der Waals surface area (Å²) < 4.78 is 0. The Bertz CT molecular complexity index is 1080. The van der Waals surface area contributed by atoms with E-state index < -0.39 is 0 Å². The van der Waals surface area contributed by atoms with Crippen molar-refractivity contribution in [3.8, 4) is 0 Å². The summed E-state index contributed by atoms with van der Waals surface area (Å²) >= 11 is 1.74. The molecule has 2 fully saturated rings.